The van der Waals surface area contributed by atoms with Crippen molar-refractivity contribution in [1.82, 2.24) is 14.8 Å². The molecule has 0 fully saturated rings. The zero-order valence-electron chi connectivity index (χ0n) is 16.8. The molecular weight excluding hydrogens is 409 g/mol. The highest BCUT2D eigenvalue weighted by Crippen LogP contribution is 2.23. The number of hydrogen-bond acceptors (Lipinski definition) is 4. The van der Waals surface area contributed by atoms with Gasteiger partial charge in [0.2, 0.25) is 5.91 Å². The van der Waals surface area contributed by atoms with Gasteiger partial charge in [-0.25, -0.2) is 9.07 Å². The van der Waals surface area contributed by atoms with E-state index < -0.39 is 17.6 Å². The summed E-state index contributed by atoms with van der Waals surface area (Å²) in [6.07, 6.45) is 7.79. The third-order valence-electron chi connectivity index (χ3n) is 4.44. The maximum atomic E-state index is 13.8. The van der Waals surface area contributed by atoms with Crippen molar-refractivity contribution >= 4 is 29.3 Å². The summed E-state index contributed by atoms with van der Waals surface area (Å²) in [4.78, 5) is 28.8. The maximum Gasteiger partial charge on any atom is 0.274 e. The van der Waals surface area contributed by atoms with Crippen LogP contribution in [-0.2, 0) is 4.79 Å². The summed E-state index contributed by atoms with van der Waals surface area (Å²) in [5, 5.41) is 9.49. The van der Waals surface area contributed by atoms with E-state index in [1.807, 2.05) is 30.3 Å². The Morgan fingerprint density at radius 2 is 1.75 bits per heavy atom. The Balaban J connectivity index is 1.46. The lowest BCUT2D eigenvalue weighted by Gasteiger charge is -2.11. The van der Waals surface area contributed by atoms with Crippen LogP contribution in [0.3, 0.4) is 0 Å². The molecule has 0 radical (unpaired) electrons. The molecule has 0 spiro atoms. The second kappa shape index (κ2) is 9.48. The number of rotatable bonds is 6. The number of nitrogens with zero attached hydrogens (tertiary/aromatic N) is 3. The molecule has 2 N–H and O–H groups in total. The Morgan fingerprint density at radius 3 is 2.53 bits per heavy atom. The molecule has 0 atom stereocenters. The molecule has 0 bridgehead atoms. The van der Waals surface area contributed by atoms with Crippen LogP contribution in [-0.4, -0.2) is 26.6 Å². The highest BCUT2D eigenvalue weighted by Gasteiger charge is 2.12. The Morgan fingerprint density at radius 1 is 0.938 bits per heavy atom. The zero-order chi connectivity index (χ0) is 22.3. The summed E-state index contributed by atoms with van der Waals surface area (Å²) < 4.78 is 15.5. The molecular formula is C24H18FN5O2. The van der Waals surface area contributed by atoms with Gasteiger partial charge in [-0.2, -0.15) is 5.10 Å². The van der Waals surface area contributed by atoms with Gasteiger partial charge in [0, 0.05) is 24.0 Å². The van der Waals surface area contributed by atoms with Crippen molar-refractivity contribution in [1.29, 1.82) is 0 Å². The van der Waals surface area contributed by atoms with E-state index in [0.717, 1.165) is 11.8 Å². The lowest BCUT2D eigenvalue weighted by atomic mass is 10.2. The van der Waals surface area contributed by atoms with Gasteiger partial charge in [0.1, 0.15) is 11.5 Å². The SMILES string of the molecule is O=C(/C=C/c1cnn(-c2ccccc2)c1)Nc1cc(F)ccc1NC(=O)c1ccccn1. The standard InChI is InChI=1S/C24H18FN5O2/c25-18-10-11-20(29-24(32)21-8-4-5-13-26-21)22(14-18)28-23(31)12-9-17-15-27-30(16-17)19-6-2-1-3-7-19/h1-16H,(H,28,31)(H,29,32)/b12-9+. The van der Waals surface area contributed by atoms with E-state index >= 15 is 0 Å². The molecule has 0 aliphatic rings. The minimum absolute atomic E-state index is 0.129. The van der Waals surface area contributed by atoms with Crippen LogP contribution >= 0.6 is 0 Å². The first-order valence-corrected chi connectivity index (χ1v) is 9.69. The third kappa shape index (κ3) is 5.11. The second-order valence-electron chi connectivity index (χ2n) is 6.74. The molecule has 4 aromatic rings. The number of carbonyl (C=O) groups is 2. The molecule has 0 saturated heterocycles. The number of carbonyl (C=O) groups excluding carboxylic acids is 2. The van der Waals surface area contributed by atoms with Crippen LogP contribution in [0.15, 0.2) is 91.4 Å². The van der Waals surface area contributed by atoms with Crippen LogP contribution in [0.2, 0.25) is 0 Å². The van der Waals surface area contributed by atoms with E-state index in [2.05, 4.69) is 20.7 Å². The molecule has 0 aliphatic carbocycles. The fourth-order valence-corrected chi connectivity index (χ4v) is 2.90. The lowest BCUT2D eigenvalue weighted by Crippen LogP contribution is -2.16. The number of hydrogen-bond donors (Lipinski definition) is 2. The third-order valence-corrected chi connectivity index (χ3v) is 4.44. The maximum absolute atomic E-state index is 13.8. The quantitative estimate of drug-likeness (QED) is 0.449. The Bertz CT molecular complexity index is 1270. The summed E-state index contributed by atoms with van der Waals surface area (Å²) in [6, 6.07) is 18.2. The summed E-state index contributed by atoms with van der Waals surface area (Å²) in [5.41, 5.74) is 2.19. The number of benzene rings is 2. The predicted octanol–water partition coefficient (Wildman–Crippen LogP) is 4.31. The number of amides is 2. The number of pyridine rings is 1. The van der Waals surface area contributed by atoms with Crippen LogP contribution in [0.4, 0.5) is 15.8 Å². The summed E-state index contributed by atoms with van der Waals surface area (Å²) >= 11 is 0. The summed E-state index contributed by atoms with van der Waals surface area (Å²) in [6.45, 7) is 0. The number of nitrogens with one attached hydrogen (secondary N) is 2. The minimum atomic E-state index is -0.552. The van der Waals surface area contributed by atoms with E-state index in [0.29, 0.717) is 5.56 Å². The van der Waals surface area contributed by atoms with Crippen molar-refractivity contribution in [2.24, 2.45) is 0 Å². The number of para-hydroxylation sites is 1. The topological polar surface area (TPSA) is 88.9 Å². The van der Waals surface area contributed by atoms with Gasteiger partial charge >= 0.3 is 0 Å². The van der Waals surface area contributed by atoms with Crippen LogP contribution in [0.5, 0.6) is 0 Å². The van der Waals surface area contributed by atoms with Gasteiger partial charge in [0.05, 0.1) is 23.3 Å². The first-order valence-electron chi connectivity index (χ1n) is 9.69. The molecule has 32 heavy (non-hydrogen) atoms. The Hall–Kier alpha value is -4.59. The monoisotopic (exact) mass is 427 g/mol. The smallest absolute Gasteiger partial charge is 0.274 e. The highest BCUT2D eigenvalue weighted by atomic mass is 19.1. The normalized spacial score (nSPS) is 10.8. The van der Waals surface area contributed by atoms with Gasteiger partial charge in [-0.15, -0.1) is 0 Å². The van der Waals surface area contributed by atoms with Crippen LogP contribution in [0.25, 0.3) is 11.8 Å². The molecule has 0 aliphatic heterocycles. The predicted molar refractivity (Wildman–Crippen MR) is 120 cm³/mol. The van der Waals surface area contributed by atoms with E-state index in [-0.39, 0.29) is 17.1 Å². The molecule has 0 unspecified atom stereocenters. The fraction of sp³-hybridized carbons (Fsp3) is 0. The van der Waals surface area contributed by atoms with Crippen molar-refractivity contribution in [2.45, 2.75) is 0 Å². The van der Waals surface area contributed by atoms with E-state index in [9.17, 15) is 14.0 Å². The van der Waals surface area contributed by atoms with Gasteiger partial charge in [0.25, 0.3) is 5.91 Å². The van der Waals surface area contributed by atoms with Crippen molar-refractivity contribution in [3.05, 3.63) is 108 Å². The van der Waals surface area contributed by atoms with Crippen LogP contribution in [0, 0.1) is 5.82 Å². The largest absolute Gasteiger partial charge is 0.321 e. The number of halogens is 1. The van der Waals surface area contributed by atoms with Gasteiger partial charge in [-0.05, 0) is 48.5 Å². The average Bonchev–Trinajstić information content (AvgIpc) is 3.30. The van der Waals surface area contributed by atoms with Crippen molar-refractivity contribution < 1.29 is 14.0 Å². The average molecular weight is 427 g/mol. The molecule has 2 aromatic carbocycles. The zero-order valence-corrected chi connectivity index (χ0v) is 16.8. The van der Waals surface area contributed by atoms with Crippen LogP contribution in [0.1, 0.15) is 16.1 Å². The molecule has 2 amide bonds. The van der Waals surface area contributed by atoms with Crippen molar-refractivity contribution in [3.63, 3.8) is 0 Å². The van der Waals surface area contributed by atoms with E-state index in [4.69, 9.17) is 0 Å². The molecule has 7 nitrogen and oxygen atoms in total. The number of aromatic nitrogens is 3. The Labute approximate surface area is 183 Å². The first kappa shape index (κ1) is 20.7. The number of anilines is 2. The Kier molecular flexibility index (Phi) is 6.12. The second-order valence-corrected chi connectivity index (χ2v) is 6.74. The summed E-state index contributed by atoms with van der Waals surface area (Å²) in [7, 11) is 0. The van der Waals surface area contributed by atoms with Gasteiger partial charge in [-0.3, -0.25) is 14.6 Å². The first-order chi connectivity index (χ1) is 15.6. The van der Waals surface area contributed by atoms with E-state index in [1.54, 1.807) is 41.4 Å². The lowest BCUT2D eigenvalue weighted by molar-refractivity contribution is -0.111. The van der Waals surface area contributed by atoms with Gasteiger partial charge < -0.3 is 10.6 Å². The minimum Gasteiger partial charge on any atom is -0.321 e. The molecule has 2 aromatic heterocycles. The van der Waals surface area contributed by atoms with Crippen molar-refractivity contribution in [3.8, 4) is 5.69 Å². The molecule has 0 saturated carbocycles. The molecule has 158 valence electrons. The summed E-state index contributed by atoms with van der Waals surface area (Å²) in [5.74, 6) is -1.52. The van der Waals surface area contributed by atoms with Crippen LogP contribution < -0.4 is 10.6 Å². The fourth-order valence-electron chi connectivity index (χ4n) is 2.90. The molecule has 8 heteroatoms. The molecule has 2 heterocycles. The van der Waals surface area contributed by atoms with Gasteiger partial charge in [-0.1, -0.05) is 24.3 Å². The highest BCUT2D eigenvalue weighted by molar-refractivity contribution is 6.08. The van der Waals surface area contributed by atoms with Gasteiger partial charge in [0.15, 0.2) is 0 Å². The molecule has 4 rings (SSSR count). The van der Waals surface area contributed by atoms with Crippen molar-refractivity contribution in [2.75, 3.05) is 10.6 Å². The van der Waals surface area contributed by atoms with E-state index in [1.165, 1.54) is 24.4 Å².